The number of hydrogen-bond donors (Lipinski definition) is 2. The number of nitrogens with zero attached hydrogens (tertiary/aromatic N) is 4. The van der Waals surface area contributed by atoms with Crippen molar-refractivity contribution in [3.8, 4) is 11.1 Å². The second kappa shape index (κ2) is 9.30. The molecule has 190 valence electrons. The number of sulfonamides is 2. The number of hydrogen-bond acceptors (Lipinski definition) is 8. The molecule has 0 bridgehead atoms. The molecule has 2 aromatic heterocycles. The van der Waals surface area contributed by atoms with Gasteiger partial charge in [-0.15, -0.1) is 0 Å². The molecule has 4 rings (SSSR count). The molecule has 0 aliphatic carbocycles. The normalized spacial score (nSPS) is 13.1. The largest absolute Gasteiger partial charge is 0.362 e. The van der Waals surface area contributed by atoms with E-state index in [9.17, 15) is 21.2 Å². The molecule has 2 aromatic carbocycles. The van der Waals surface area contributed by atoms with E-state index in [0.717, 1.165) is 12.5 Å². The van der Waals surface area contributed by atoms with Crippen LogP contribution in [-0.4, -0.2) is 49.3 Å². The van der Waals surface area contributed by atoms with Crippen LogP contribution in [0, 0.1) is 12.7 Å². The predicted octanol–water partition coefficient (Wildman–Crippen LogP) is 4.02. The summed E-state index contributed by atoms with van der Waals surface area (Å²) in [4.78, 5) is 15.4. The topological polar surface area (TPSA) is 138 Å². The van der Waals surface area contributed by atoms with Gasteiger partial charge in [-0.1, -0.05) is 23.7 Å². The van der Waals surface area contributed by atoms with Gasteiger partial charge in [-0.3, -0.25) is 0 Å². The van der Waals surface area contributed by atoms with Gasteiger partial charge in [0.1, 0.15) is 17.7 Å². The monoisotopic (exact) mass is 552 g/mol. The Hall–Kier alpha value is -3.29. The van der Waals surface area contributed by atoms with Crippen molar-refractivity contribution < 1.29 is 21.2 Å². The van der Waals surface area contributed by atoms with Gasteiger partial charge in [0, 0.05) is 10.6 Å². The SMILES string of the molecule is Cc1c(Cl)cc(C(C)Nc2ncnc3nc[nH]c23)c(-c2cccc(F)c2)c1N(S(C)(=O)=O)S(C)(=O)=O. The van der Waals surface area contributed by atoms with E-state index in [1.807, 2.05) is 0 Å². The van der Waals surface area contributed by atoms with E-state index < -0.39 is 31.9 Å². The fourth-order valence-corrected chi connectivity index (χ4v) is 7.30. The second-order valence-electron chi connectivity index (χ2n) is 8.22. The number of halogens is 2. The van der Waals surface area contributed by atoms with Gasteiger partial charge < -0.3 is 10.3 Å². The van der Waals surface area contributed by atoms with E-state index >= 15 is 0 Å². The van der Waals surface area contributed by atoms with Crippen molar-refractivity contribution in [2.45, 2.75) is 19.9 Å². The summed E-state index contributed by atoms with van der Waals surface area (Å²) < 4.78 is 65.7. The maximum atomic E-state index is 14.3. The molecule has 4 aromatic rings. The van der Waals surface area contributed by atoms with Gasteiger partial charge in [-0.05, 0) is 48.7 Å². The van der Waals surface area contributed by atoms with Gasteiger partial charge in [0.2, 0.25) is 20.0 Å². The predicted molar refractivity (Wildman–Crippen MR) is 137 cm³/mol. The molecule has 2 N–H and O–H groups in total. The number of nitrogens with one attached hydrogen (secondary N) is 2. The van der Waals surface area contributed by atoms with Gasteiger partial charge in [0.15, 0.2) is 11.5 Å². The Morgan fingerprint density at radius 1 is 1.08 bits per heavy atom. The Morgan fingerprint density at radius 3 is 2.42 bits per heavy atom. The van der Waals surface area contributed by atoms with Crippen molar-refractivity contribution in [2.24, 2.45) is 0 Å². The third kappa shape index (κ3) is 4.86. The molecule has 36 heavy (non-hydrogen) atoms. The molecular weight excluding hydrogens is 531 g/mol. The summed E-state index contributed by atoms with van der Waals surface area (Å²) in [5, 5.41) is 3.34. The fraction of sp³-hybridized carbons (Fsp3) is 0.227. The molecule has 0 radical (unpaired) electrons. The van der Waals surface area contributed by atoms with E-state index in [0.29, 0.717) is 26.3 Å². The number of aromatic nitrogens is 4. The number of anilines is 2. The fourth-order valence-electron chi connectivity index (χ4n) is 4.01. The molecule has 0 saturated carbocycles. The van der Waals surface area contributed by atoms with Crippen molar-refractivity contribution in [1.82, 2.24) is 19.9 Å². The molecule has 0 spiro atoms. The smallest absolute Gasteiger partial charge is 0.245 e. The Kier molecular flexibility index (Phi) is 6.66. The first-order valence-corrected chi connectivity index (χ1v) is 14.6. The lowest BCUT2D eigenvalue weighted by Crippen LogP contribution is -2.36. The van der Waals surface area contributed by atoms with Crippen LogP contribution in [0.25, 0.3) is 22.3 Å². The van der Waals surface area contributed by atoms with Gasteiger partial charge in [-0.2, -0.15) is 3.71 Å². The van der Waals surface area contributed by atoms with Gasteiger partial charge in [0.25, 0.3) is 0 Å². The van der Waals surface area contributed by atoms with Crippen LogP contribution in [0.4, 0.5) is 15.9 Å². The number of fused-ring (bicyclic) bond motifs is 1. The molecular formula is C22H22ClFN6O4S2. The number of imidazole rings is 1. The molecule has 2 heterocycles. The number of benzene rings is 2. The second-order valence-corrected chi connectivity index (χ2v) is 12.5. The molecule has 0 saturated heterocycles. The average molecular weight is 553 g/mol. The summed E-state index contributed by atoms with van der Waals surface area (Å²) in [7, 11) is -8.68. The minimum absolute atomic E-state index is 0.125. The summed E-state index contributed by atoms with van der Waals surface area (Å²) in [6.07, 6.45) is 4.35. The van der Waals surface area contributed by atoms with E-state index in [4.69, 9.17) is 11.6 Å². The zero-order valence-electron chi connectivity index (χ0n) is 19.6. The zero-order chi connectivity index (χ0) is 26.4. The average Bonchev–Trinajstić information content (AvgIpc) is 3.24. The van der Waals surface area contributed by atoms with Gasteiger partial charge >= 0.3 is 0 Å². The summed E-state index contributed by atoms with van der Waals surface area (Å²) in [5.41, 5.74) is 1.82. The lowest BCUT2D eigenvalue weighted by molar-refractivity contribution is 0.590. The van der Waals surface area contributed by atoms with E-state index in [1.165, 1.54) is 37.8 Å². The maximum Gasteiger partial charge on any atom is 0.245 e. The van der Waals surface area contributed by atoms with E-state index in [1.54, 1.807) is 19.1 Å². The highest BCUT2D eigenvalue weighted by atomic mass is 35.5. The molecule has 10 nitrogen and oxygen atoms in total. The van der Waals surface area contributed by atoms with Crippen LogP contribution in [0.3, 0.4) is 0 Å². The number of aromatic amines is 1. The Labute approximate surface area is 212 Å². The Morgan fingerprint density at radius 2 is 1.78 bits per heavy atom. The van der Waals surface area contributed by atoms with E-state index in [2.05, 4.69) is 25.3 Å². The van der Waals surface area contributed by atoms with Crippen LogP contribution < -0.4 is 9.03 Å². The lowest BCUT2D eigenvalue weighted by Gasteiger charge is -2.29. The minimum atomic E-state index is -4.34. The quantitative estimate of drug-likeness (QED) is 0.350. The first-order valence-electron chi connectivity index (χ1n) is 10.5. The van der Waals surface area contributed by atoms with Gasteiger partial charge in [-0.25, -0.2) is 36.2 Å². The standard InChI is InChI=1S/C22H22ClFN6O4S2/c1-12-17(23)9-16(13(2)29-22-19-21(26-10-25-19)27-11-28-22)18(14-6-5-7-15(24)8-14)20(12)30(35(3,31)32)36(4,33)34/h5-11,13H,1-4H3,(H2,25,26,27,28,29). The molecule has 1 atom stereocenters. The highest BCUT2D eigenvalue weighted by Crippen LogP contribution is 2.45. The minimum Gasteiger partial charge on any atom is -0.362 e. The summed E-state index contributed by atoms with van der Waals surface area (Å²) in [6, 6.07) is 6.42. The molecule has 0 aliphatic heterocycles. The third-order valence-corrected chi connectivity index (χ3v) is 9.05. The highest BCUT2D eigenvalue weighted by Gasteiger charge is 2.34. The Bertz CT molecular complexity index is 1660. The zero-order valence-corrected chi connectivity index (χ0v) is 22.0. The number of rotatable bonds is 7. The first kappa shape index (κ1) is 25.8. The maximum absolute atomic E-state index is 14.3. The van der Waals surface area contributed by atoms with Crippen molar-refractivity contribution in [2.75, 3.05) is 21.5 Å². The van der Waals surface area contributed by atoms with Crippen molar-refractivity contribution >= 4 is 54.3 Å². The van der Waals surface area contributed by atoms with Crippen LogP contribution in [0.5, 0.6) is 0 Å². The summed E-state index contributed by atoms with van der Waals surface area (Å²) >= 11 is 6.52. The Balaban J connectivity index is 2.04. The number of H-pyrrole nitrogens is 1. The van der Waals surface area contributed by atoms with Gasteiger partial charge in [0.05, 0.1) is 30.6 Å². The van der Waals surface area contributed by atoms with Crippen molar-refractivity contribution in [1.29, 1.82) is 0 Å². The van der Waals surface area contributed by atoms with Crippen LogP contribution in [0.15, 0.2) is 43.0 Å². The molecule has 0 aliphatic rings. The molecule has 0 amide bonds. The lowest BCUT2D eigenvalue weighted by atomic mass is 9.91. The van der Waals surface area contributed by atoms with Crippen molar-refractivity contribution in [3.05, 3.63) is 65.0 Å². The van der Waals surface area contributed by atoms with Crippen LogP contribution in [0.1, 0.15) is 24.1 Å². The third-order valence-electron chi connectivity index (χ3n) is 5.46. The first-order chi connectivity index (χ1) is 16.8. The summed E-state index contributed by atoms with van der Waals surface area (Å²) in [6.45, 7) is 3.26. The molecule has 0 fully saturated rings. The van der Waals surface area contributed by atoms with Crippen LogP contribution in [0.2, 0.25) is 5.02 Å². The molecule has 1 unspecified atom stereocenters. The molecule has 14 heteroatoms. The van der Waals surface area contributed by atoms with Crippen LogP contribution >= 0.6 is 11.6 Å². The van der Waals surface area contributed by atoms with Crippen LogP contribution in [-0.2, 0) is 20.0 Å². The van der Waals surface area contributed by atoms with Crippen molar-refractivity contribution in [3.63, 3.8) is 0 Å². The summed E-state index contributed by atoms with van der Waals surface area (Å²) in [5.74, 6) is -0.186. The highest BCUT2D eigenvalue weighted by molar-refractivity contribution is 8.09. The van der Waals surface area contributed by atoms with E-state index in [-0.39, 0.29) is 27.4 Å².